The number of halogens is 1. The van der Waals surface area contributed by atoms with Crippen molar-refractivity contribution >= 4 is 34.1 Å². The number of aryl methyl sites for hydroxylation is 2. The van der Waals surface area contributed by atoms with Crippen molar-refractivity contribution in [3.05, 3.63) is 41.3 Å². The third-order valence-corrected chi connectivity index (χ3v) is 5.91. The first kappa shape index (κ1) is 21.0. The van der Waals surface area contributed by atoms with E-state index < -0.39 is 11.7 Å². The van der Waals surface area contributed by atoms with Crippen LogP contribution in [-0.2, 0) is 13.5 Å². The number of nitrogens with zero attached hydrogens (tertiary/aromatic N) is 3. The number of hydrogen-bond acceptors (Lipinski definition) is 6. The minimum absolute atomic E-state index is 0.0157. The molecule has 1 amide bonds. The number of hydrogen-bond donors (Lipinski definition) is 4. The molecule has 8 nitrogen and oxygen atoms in total. The van der Waals surface area contributed by atoms with Gasteiger partial charge in [0.25, 0.3) is 5.91 Å². The lowest BCUT2D eigenvalue weighted by atomic mass is 9.91. The molecule has 1 aromatic carbocycles. The van der Waals surface area contributed by atoms with Crippen LogP contribution in [-0.4, -0.2) is 32.8 Å². The molecule has 6 N–H and O–H groups in total. The van der Waals surface area contributed by atoms with Gasteiger partial charge in [-0.1, -0.05) is 19.8 Å². The Bertz CT molecular complexity index is 1130. The van der Waals surface area contributed by atoms with E-state index in [1.807, 2.05) is 36.9 Å². The first-order chi connectivity index (χ1) is 14.9. The molecule has 1 saturated carbocycles. The first-order valence-corrected chi connectivity index (χ1v) is 10.6. The SMILES string of the molecule is CCc1nn(C)c2ccc(Nc3nc(N[C@@H]4CCCC[C@@H]4N)c(F)cc3C(N)=O)cc12. The Balaban J connectivity index is 1.69. The molecule has 2 heterocycles. The van der Waals surface area contributed by atoms with Gasteiger partial charge in [-0.15, -0.1) is 0 Å². The molecule has 164 valence electrons. The van der Waals surface area contributed by atoms with Crippen molar-refractivity contribution in [3.63, 3.8) is 0 Å². The summed E-state index contributed by atoms with van der Waals surface area (Å²) < 4.78 is 16.5. The van der Waals surface area contributed by atoms with Crippen molar-refractivity contribution in [1.82, 2.24) is 14.8 Å². The highest BCUT2D eigenvalue weighted by atomic mass is 19.1. The van der Waals surface area contributed by atoms with Crippen molar-refractivity contribution in [2.24, 2.45) is 18.5 Å². The van der Waals surface area contributed by atoms with Crippen molar-refractivity contribution in [1.29, 1.82) is 0 Å². The summed E-state index contributed by atoms with van der Waals surface area (Å²) in [5.74, 6) is -1.13. The maximum absolute atomic E-state index is 14.7. The summed E-state index contributed by atoms with van der Waals surface area (Å²) in [6.45, 7) is 2.04. The lowest BCUT2D eigenvalue weighted by Crippen LogP contribution is -2.43. The van der Waals surface area contributed by atoms with E-state index >= 15 is 0 Å². The van der Waals surface area contributed by atoms with Crippen LogP contribution in [0.1, 0.15) is 48.7 Å². The monoisotopic (exact) mass is 425 g/mol. The minimum Gasteiger partial charge on any atom is -0.365 e. The molecule has 0 unspecified atom stereocenters. The lowest BCUT2D eigenvalue weighted by Gasteiger charge is -2.30. The molecule has 31 heavy (non-hydrogen) atoms. The summed E-state index contributed by atoms with van der Waals surface area (Å²) >= 11 is 0. The van der Waals surface area contributed by atoms with Crippen molar-refractivity contribution in [3.8, 4) is 0 Å². The molecule has 0 aliphatic heterocycles. The van der Waals surface area contributed by atoms with E-state index in [1.54, 1.807) is 0 Å². The van der Waals surface area contributed by atoms with Gasteiger partial charge in [0, 0.05) is 30.2 Å². The fraction of sp³-hybridized carbons (Fsp3) is 0.409. The average molecular weight is 426 g/mol. The van der Waals surface area contributed by atoms with Gasteiger partial charge in [0.1, 0.15) is 5.82 Å². The Kier molecular flexibility index (Phi) is 5.77. The molecule has 2 atom stereocenters. The van der Waals surface area contributed by atoms with Crippen LogP contribution in [0.15, 0.2) is 24.3 Å². The van der Waals surface area contributed by atoms with E-state index in [0.717, 1.165) is 54.8 Å². The Hall–Kier alpha value is -3.20. The summed E-state index contributed by atoms with van der Waals surface area (Å²) in [5, 5.41) is 11.8. The first-order valence-electron chi connectivity index (χ1n) is 10.6. The topological polar surface area (TPSA) is 124 Å². The van der Waals surface area contributed by atoms with Gasteiger partial charge in [0.05, 0.1) is 16.8 Å². The molecule has 0 spiro atoms. The molecule has 4 rings (SSSR count). The van der Waals surface area contributed by atoms with Gasteiger partial charge in [-0.05, 0) is 43.5 Å². The van der Waals surface area contributed by atoms with Gasteiger partial charge in [0.15, 0.2) is 11.6 Å². The van der Waals surface area contributed by atoms with Gasteiger partial charge in [-0.25, -0.2) is 9.37 Å². The van der Waals surface area contributed by atoms with Crippen LogP contribution in [0.3, 0.4) is 0 Å². The van der Waals surface area contributed by atoms with Gasteiger partial charge in [0.2, 0.25) is 0 Å². The van der Waals surface area contributed by atoms with Crippen LogP contribution in [0.2, 0.25) is 0 Å². The highest BCUT2D eigenvalue weighted by molar-refractivity contribution is 5.99. The number of aromatic nitrogens is 3. The van der Waals surface area contributed by atoms with E-state index in [4.69, 9.17) is 11.5 Å². The van der Waals surface area contributed by atoms with Gasteiger partial charge in [-0.2, -0.15) is 5.10 Å². The maximum atomic E-state index is 14.7. The van der Waals surface area contributed by atoms with E-state index in [9.17, 15) is 9.18 Å². The number of benzene rings is 1. The van der Waals surface area contributed by atoms with Gasteiger partial charge in [-0.3, -0.25) is 9.48 Å². The number of carbonyl (C=O) groups is 1. The molecule has 0 radical (unpaired) electrons. The van der Waals surface area contributed by atoms with Crippen LogP contribution in [0.5, 0.6) is 0 Å². The number of pyridine rings is 1. The fourth-order valence-corrected chi connectivity index (χ4v) is 4.20. The summed E-state index contributed by atoms with van der Waals surface area (Å²) in [5.41, 5.74) is 14.3. The van der Waals surface area contributed by atoms with Crippen molar-refractivity contribution < 1.29 is 9.18 Å². The molecule has 0 bridgehead atoms. The summed E-state index contributed by atoms with van der Waals surface area (Å²) in [7, 11) is 1.90. The zero-order chi connectivity index (χ0) is 22.1. The van der Waals surface area contributed by atoms with E-state index in [2.05, 4.69) is 20.7 Å². The Morgan fingerprint density at radius 1 is 1.26 bits per heavy atom. The third-order valence-electron chi connectivity index (χ3n) is 5.91. The van der Waals surface area contributed by atoms with Crippen LogP contribution in [0.25, 0.3) is 10.9 Å². The summed E-state index contributed by atoms with van der Waals surface area (Å²) in [6.07, 6.45) is 4.62. The summed E-state index contributed by atoms with van der Waals surface area (Å²) in [4.78, 5) is 16.3. The Morgan fingerprint density at radius 2 is 2.03 bits per heavy atom. The van der Waals surface area contributed by atoms with Crippen LogP contribution < -0.4 is 22.1 Å². The number of carbonyl (C=O) groups excluding carboxylic acids is 1. The Labute approximate surface area is 180 Å². The van der Waals surface area contributed by atoms with Gasteiger partial charge >= 0.3 is 0 Å². The number of primary amides is 1. The fourth-order valence-electron chi connectivity index (χ4n) is 4.20. The number of rotatable bonds is 6. The molecular weight excluding hydrogens is 397 g/mol. The number of nitrogens with one attached hydrogen (secondary N) is 2. The average Bonchev–Trinajstić information content (AvgIpc) is 3.06. The van der Waals surface area contributed by atoms with E-state index in [1.165, 1.54) is 0 Å². The number of anilines is 3. The standard InChI is InChI=1S/C22H28FN7O/c1-3-17-13-10-12(8-9-19(13)30(2)29-17)26-21-14(20(25)31)11-15(23)22(28-21)27-18-7-5-4-6-16(18)24/h8-11,16,18H,3-7,24H2,1-2H3,(H2,25,31)(H2,26,27,28)/t16-,18+/m0/s1. The largest absolute Gasteiger partial charge is 0.365 e. The zero-order valence-electron chi connectivity index (χ0n) is 17.8. The maximum Gasteiger partial charge on any atom is 0.252 e. The van der Waals surface area contributed by atoms with Crippen molar-refractivity contribution in [2.45, 2.75) is 51.1 Å². The van der Waals surface area contributed by atoms with E-state index in [-0.39, 0.29) is 29.3 Å². The number of fused-ring (bicyclic) bond motifs is 1. The highest BCUT2D eigenvalue weighted by Crippen LogP contribution is 2.29. The molecule has 1 fully saturated rings. The quantitative estimate of drug-likeness (QED) is 0.481. The molecule has 0 saturated heterocycles. The Morgan fingerprint density at radius 3 is 2.74 bits per heavy atom. The molecule has 1 aliphatic carbocycles. The van der Waals surface area contributed by atoms with Crippen LogP contribution in [0, 0.1) is 5.82 Å². The third kappa shape index (κ3) is 4.18. The molecule has 3 aromatic rings. The van der Waals surface area contributed by atoms with Gasteiger partial charge < -0.3 is 22.1 Å². The molecule has 2 aromatic heterocycles. The van der Waals surface area contributed by atoms with Crippen LogP contribution in [0.4, 0.5) is 21.7 Å². The smallest absolute Gasteiger partial charge is 0.252 e. The second kappa shape index (κ2) is 8.50. The lowest BCUT2D eigenvalue weighted by molar-refractivity contribution is 0.100. The normalized spacial score (nSPS) is 18.8. The van der Waals surface area contributed by atoms with Crippen molar-refractivity contribution in [2.75, 3.05) is 10.6 Å². The van der Waals surface area contributed by atoms with Crippen LogP contribution >= 0.6 is 0 Å². The second-order valence-corrected chi connectivity index (χ2v) is 8.06. The number of nitrogens with two attached hydrogens (primary N) is 2. The van der Waals surface area contributed by atoms with E-state index in [0.29, 0.717) is 5.69 Å². The minimum atomic E-state index is -0.758. The zero-order valence-corrected chi connectivity index (χ0v) is 17.8. The summed E-state index contributed by atoms with van der Waals surface area (Å²) in [6, 6.07) is 6.74. The molecule has 1 aliphatic rings. The number of amides is 1. The predicted octanol–water partition coefficient (Wildman–Crippen LogP) is 3.19. The second-order valence-electron chi connectivity index (χ2n) is 8.06. The molecular formula is C22H28FN7O. The predicted molar refractivity (Wildman–Crippen MR) is 120 cm³/mol. The molecule has 9 heteroatoms. The highest BCUT2D eigenvalue weighted by Gasteiger charge is 2.24.